The van der Waals surface area contributed by atoms with Gasteiger partial charge in [0, 0.05) is 11.8 Å². The number of aliphatic hydroxyl groups excluding tert-OH is 1. The number of rotatable bonds is 0. The van der Waals surface area contributed by atoms with E-state index < -0.39 is 17.1 Å². The molecule has 4 rings (SSSR count). The first-order valence-corrected chi connectivity index (χ1v) is 9.31. The number of carbonyl (C=O) groups is 1. The van der Waals surface area contributed by atoms with Crippen LogP contribution in [0.1, 0.15) is 58.8 Å². The molecule has 0 bridgehead atoms. The number of fused-ring (bicyclic) bond motifs is 5. The van der Waals surface area contributed by atoms with Gasteiger partial charge in [-0.15, -0.1) is 0 Å². The molecule has 3 fully saturated rings. The summed E-state index contributed by atoms with van der Waals surface area (Å²) in [7, 11) is 0. The fourth-order valence-corrected chi connectivity index (χ4v) is 6.88. The van der Waals surface area contributed by atoms with Gasteiger partial charge in [0.1, 0.15) is 0 Å². The van der Waals surface area contributed by atoms with Crippen LogP contribution in [0.3, 0.4) is 0 Å². The first-order chi connectivity index (χ1) is 11.2. The van der Waals surface area contributed by atoms with Crippen LogP contribution in [0, 0.1) is 39.9 Å². The van der Waals surface area contributed by atoms with Gasteiger partial charge in [-0.25, -0.2) is 0 Å². The Morgan fingerprint density at radius 2 is 2.00 bits per heavy atom. The van der Waals surface area contributed by atoms with Crippen molar-refractivity contribution in [2.45, 2.75) is 70.5 Å². The van der Waals surface area contributed by atoms with Crippen molar-refractivity contribution in [1.29, 1.82) is 5.26 Å². The zero-order valence-electron chi connectivity index (χ0n) is 14.6. The number of nitriles is 1. The van der Waals surface area contributed by atoms with Crippen LogP contribution in [-0.4, -0.2) is 27.7 Å². The molecule has 7 atom stereocenters. The zero-order valence-corrected chi connectivity index (χ0v) is 14.6. The Hall–Kier alpha value is -1.18. The summed E-state index contributed by atoms with van der Waals surface area (Å²) in [4.78, 5) is 11.9. The Labute approximate surface area is 143 Å². The van der Waals surface area contributed by atoms with E-state index in [1.165, 1.54) is 5.57 Å². The first kappa shape index (κ1) is 16.3. The molecule has 0 aliphatic heterocycles. The molecular formula is C20H27NO3. The maximum atomic E-state index is 11.9. The van der Waals surface area contributed by atoms with Gasteiger partial charge in [0.15, 0.2) is 11.4 Å². The molecule has 4 aliphatic rings. The molecule has 0 aromatic heterocycles. The van der Waals surface area contributed by atoms with E-state index in [-0.39, 0.29) is 23.0 Å². The van der Waals surface area contributed by atoms with Gasteiger partial charge in [0.2, 0.25) is 0 Å². The highest BCUT2D eigenvalue weighted by Gasteiger charge is 2.66. The number of carbonyl (C=O) groups excluding carboxylic acids is 1. The van der Waals surface area contributed by atoms with Crippen LogP contribution in [0.15, 0.2) is 11.6 Å². The summed E-state index contributed by atoms with van der Waals surface area (Å²) < 4.78 is 0. The highest BCUT2D eigenvalue weighted by atomic mass is 16.3. The van der Waals surface area contributed by atoms with Crippen LogP contribution >= 0.6 is 0 Å². The SMILES string of the molecule is C[C@]12CCC(=O)C=C1CC[C@@H]1[C@@H]2[C@H](O)C[C@@]2(C)[C@@H]1CC[C@]2(O)C#N. The quantitative estimate of drug-likeness (QED) is 0.670. The molecule has 4 aliphatic carbocycles. The van der Waals surface area contributed by atoms with E-state index in [2.05, 4.69) is 13.0 Å². The Morgan fingerprint density at radius 3 is 2.71 bits per heavy atom. The van der Waals surface area contributed by atoms with Crippen molar-refractivity contribution in [2.75, 3.05) is 0 Å². The van der Waals surface area contributed by atoms with Gasteiger partial charge in [-0.05, 0) is 67.8 Å². The van der Waals surface area contributed by atoms with E-state index in [4.69, 9.17) is 0 Å². The number of allylic oxidation sites excluding steroid dienone is 1. The van der Waals surface area contributed by atoms with Crippen molar-refractivity contribution in [2.24, 2.45) is 28.6 Å². The molecule has 0 aromatic rings. The summed E-state index contributed by atoms with van der Waals surface area (Å²) in [5.74, 6) is 0.975. The fourth-order valence-electron chi connectivity index (χ4n) is 6.88. The smallest absolute Gasteiger partial charge is 0.156 e. The average molecular weight is 329 g/mol. The second-order valence-electron chi connectivity index (χ2n) is 9.09. The van der Waals surface area contributed by atoms with E-state index >= 15 is 0 Å². The molecule has 130 valence electrons. The number of ketones is 1. The molecule has 0 saturated heterocycles. The van der Waals surface area contributed by atoms with E-state index in [1.807, 2.05) is 13.0 Å². The van der Waals surface area contributed by atoms with E-state index in [0.29, 0.717) is 25.2 Å². The molecule has 0 spiro atoms. The van der Waals surface area contributed by atoms with Crippen LogP contribution in [0.4, 0.5) is 0 Å². The van der Waals surface area contributed by atoms with Crippen LogP contribution in [0.2, 0.25) is 0 Å². The Balaban J connectivity index is 1.76. The highest BCUT2D eigenvalue weighted by molar-refractivity contribution is 5.91. The highest BCUT2D eigenvalue weighted by Crippen LogP contribution is 2.67. The third kappa shape index (κ3) is 1.83. The summed E-state index contributed by atoms with van der Waals surface area (Å²) in [6.07, 6.45) is 6.44. The van der Waals surface area contributed by atoms with Crippen molar-refractivity contribution in [3.8, 4) is 6.07 Å². The molecule has 0 amide bonds. The topological polar surface area (TPSA) is 81.3 Å². The lowest BCUT2D eigenvalue weighted by molar-refractivity contribution is -0.156. The summed E-state index contributed by atoms with van der Waals surface area (Å²) in [5.41, 5.74) is -0.727. The van der Waals surface area contributed by atoms with E-state index in [0.717, 1.165) is 25.7 Å². The van der Waals surface area contributed by atoms with Crippen LogP contribution < -0.4 is 0 Å². The van der Waals surface area contributed by atoms with Gasteiger partial charge in [0.25, 0.3) is 0 Å². The molecule has 4 nitrogen and oxygen atoms in total. The minimum atomic E-state index is -1.32. The van der Waals surface area contributed by atoms with Crippen molar-refractivity contribution >= 4 is 5.78 Å². The monoisotopic (exact) mass is 329 g/mol. The van der Waals surface area contributed by atoms with Crippen molar-refractivity contribution in [3.05, 3.63) is 11.6 Å². The normalized spacial score (nSPS) is 53.5. The minimum Gasteiger partial charge on any atom is -0.393 e. The van der Waals surface area contributed by atoms with Crippen molar-refractivity contribution < 1.29 is 15.0 Å². The van der Waals surface area contributed by atoms with Gasteiger partial charge in [-0.2, -0.15) is 5.26 Å². The Morgan fingerprint density at radius 1 is 1.25 bits per heavy atom. The molecule has 24 heavy (non-hydrogen) atoms. The summed E-state index contributed by atoms with van der Waals surface area (Å²) in [6, 6.07) is 2.16. The maximum absolute atomic E-state index is 11.9. The number of hydrogen-bond donors (Lipinski definition) is 2. The van der Waals surface area contributed by atoms with Crippen LogP contribution in [0.25, 0.3) is 0 Å². The van der Waals surface area contributed by atoms with Crippen LogP contribution in [0.5, 0.6) is 0 Å². The molecule has 0 heterocycles. The largest absolute Gasteiger partial charge is 0.393 e. The Kier molecular flexibility index (Phi) is 3.34. The van der Waals surface area contributed by atoms with Crippen molar-refractivity contribution in [3.63, 3.8) is 0 Å². The lowest BCUT2D eigenvalue weighted by atomic mass is 9.45. The molecular weight excluding hydrogens is 302 g/mol. The van der Waals surface area contributed by atoms with Crippen LogP contribution in [-0.2, 0) is 4.79 Å². The predicted molar refractivity (Wildman–Crippen MR) is 88.7 cm³/mol. The molecule has 0 unspecified atom stereocenters. The molecule has 0 radical (unpaired) electrons. The third-order valence-electron chi connectivity index (χ3n) is 8.23. The summed E-state index contributed by atoms with van der Waals surface area (Å²) in [6.45, 7) is 4.23. The number of hydrogen-bond acceptors (Lipinski definition) is 4. The lowest BCUT2D eigenvalue weighted by Crippen LogP contribution is -2.59. The second-order valence-corrected chi connectivity index (χ2v) is 9.09. The maximum Gasteiger partial charge on any atom is 0.156 e. The number of nitrogens with zero attached hydrogens (tertiary/aromatic N) is 1. The van der Waals surface area contributed by atoms with Gasteiger partial charge in [-0.3, -0.25) is 4.79 Å². The second kappa shape index (κ2) is 4.93. The standard InChI is InChI=1S/C20H27NO3/c1-18-7-5-13(22)9-12(18)3-4-14-15-6-8-20(24,11-21)19(15,2)10-16(23)17(14)18/h9,14-17,23-24H,3-8,10H2,1-2H3/t14-,15+,16+,17+,18-,19-,20-/m0/s1. The van der Waals surface area contributed by atoms with Gasteiger partial charge in [-0.1, -0.05) is 19.4 Å². The Bertz CT molecular complexity index is 664. The van der Waals surface area contributed by atoms with E-state index in [1.54, 1.807) is 0 Å². The molecule has 4 heteroatoms. The zero-order chi connectivity index (χ0) is 17.3. The molecule has 0 aromatic carbocycles. The molecule has 3 saturated carbocycles. The summed E-state index contributed by atoms with van der Waals surface area (Å²) in [5, 5.41) is 31.5. The molecule has 2 N–H and O–H groups in total. The summed E-state index contributed by atoms with van der Waals surface area (Å²) >= 11 is 0. The average Bonchev–Trinajstić information content (AvgIpc) is 2.79. The predicted octanol–water partition coefficient (Wildman–Crippen LogP) is 2.74. The fraction of sp³-hybridized carbons (Fsp3) is 0.800. The minimum absolute atomic E-state index is 0.106. The van der Waals surface area contributed by atoms with Gasteiger partial charge < -0.3 is 10.2 Å². The number of aliphatic hydroxyl groups is 2. The lowest BCUT2D eigenvalue weighted by Gasteiger charge is -2.60. The van der Waals surface area contributed by atoms with E-state index in [9.17, 15) is 20.3 Å². The first-order valence-electron chi connectivity index (χ1n) is 9.31. The van der Waals surface area contributed by atoms with Gasteiger partial charge >= 0.3 is 0 Å². The third-order valence-corrected chi connectivity index (χ3v) is 8.23. The van der Waals surface area contributed by atoms with Gasteiger partial charge in [0.05, 0.1) is 12.2 Å². The van der Waals surface area contributed by atoms with Crippen molar-refractivity contribution in [1.82, 2.24) is 0 Å².